The van der Waals surface area contributed by atoms with Gasteiger partial charge in [0.15, 0.2) is 0 Å². The Labute approximate surface area is 287 Å². The molecule has 1 saturated carbocycles. The highest BCUT2D eigenvalue weighted by molar-refractivity contribution is 5.77. The quantitative estimate of drug-likeness (QED) is 0.152. The van der Waals surface area contributed by atoms with E-state index in [0.717, 1.165) is 0 Å². The Morgan fingerprint density at radius 1 is 0.375 bits per heavy atom. The first-order valence-corrected chi connectivity index (χ1v) is 17.7. The predicted octanol–water partition coefficient (Wildman–Crippen LogP) is 12.8. The van der Waals surface area contributed by atoms with E-state index in [1.807, 2.05) is 0 Å². The smallest absolute Gasteiger partial charge is 0.0461 e. The average molecular weight is 626 g/mol. The summed E-state index contributed by atoms with van der Waals surface area (Å²) in [7, 11) is 0. The van der Waals surface area contributed by atoms with Gasteiger partial charge in [0, 0.05) is 28.4 Å². The highest BCUT2D eigenvalue weighted by Crippen LogP contribution is 2.46. The molecule has 0 saturated heterocycles. The van der Waals surface area contributed by atoms with E-state index < -0.39 is 0 Å². The summed E-state index contributed by atoms with van der Waals surface area (Å²) in [5.74, 6) is 0.205. The maximum Gasteiger partial charge on any atom is 0.0461 e. The van der Waals surface area contributed by atoms with E-state index in [9.17, 15) is 0 Å². The molecule has 1 nitrogen and oxygen atoms in total. The summed E-state index contributed by atoms with van der Waals surface area (Å²) in [6.45, 7) is 8.63. The summed E-state index contributed by atoms with van der Waals surface area (Å²) < 4.78 is 0. The van der Waals surface area contributed by atoms with Crippen LogP contribution in [0.25, 0.3) is 0 Å². The van der Waals surface area contributed by atoms with Gasteiger partial charge in [-0.05, 0) is 105 Å². The van der Waals surface area contributed by atoms with Crippen LogP contribution >= 0.6 is 0 Å². The van der Waals surface area contributed by atoms with Crippen LogP contribution in [-0.4, -0.2) is 0 Å². The number of aryl methyl sites for hydroxylation is 4. The maximum atomic E-state index is 2.44. The largest absolute Gasteiger partial charge is 0.311 e. The van der Waals surface area contributed by atoms with Crippen LogP contribution in [0.5, 0.6) is 0 Å². The van der Waals surface area contributed by atoms with Crippen molar-refractivity contribution in [1.29, 1.82) is 0 Å². The van der Waals surface area contributed by atoms with Crippen molar-refractivity contribution in [1.82, 2.24) is 0 Å². The van der Waals surface area contributed by atoms with Crippen LogP contribution in [0.3, 0.4) is 0 Å². The first-order chi connectivity index (χ1) is 23.4. The van der Waals surface area contributed by atoms with Gasteiger partial charge in [-0.3, -0.25) is 0 Å². The summed E-state index contributed by atoms with van der Waals surface area (Å²) in [6.07, 6.45) is 6.21. The predicted molar refractivity (Wildman–Crippen MR) is 204 cm³/mol. The lowest BCUT2D eigenvalue weighted by atomic mass is 9.65. The number of hydrogen-bond donors (Lipinski definition) is 0. The van der Waals surface area contributed by atoms with Crippen molar-refractivity contribution >= 4 is 17.1 Å². The van der Waals surface area contributed by atoms with E-state index in [1.54, 1.807) is 0 Å². The molecule has 0 aromatic heterocycles. The molecule has 0 unspecified atom stereocenters. The van der Waals surface area contributed by atoms with Crippen LogP contribution in [0.15, 0.2) is 146 Å². The molecule has 0 radical (unpaired) electrons. The fourth-order valence-electron chi connectivity index (χ4n) is 7.75. The van der Waals surface area contributed by atoms with E-state index in [0.29, 0.717) is 0 Å². The van der Waals surface area contributed by atoms with Gasteiger partial charge in [0.2, 0.25) is 0 Å². The number of hydrogen-bond acceptors (Lipinski definition) is 1. The normalized spacial score (nSPS) is 14.2. The zero-order chi connectivity index (χ0) is 33.1. The zero-order valence-corrected chi connectivity index (χ0v) is 28.9. The van der Waals surface area contributed by atoms with Gasteiger partial charge < -0.3 is 4.90 Å². The SMILES string of the molecule is Cc1ccc(C(c2ccc(C)cc2)c2ccc(C3(c4ccc(N(c5ccc(C)cc5)c5ccc(C)cc5)cc4)CCCCC3)cc2)cc1. The van der Waals surface area contributed by atoms with Crippen molar-refractivity contribution in [3.8, 4) is 0 Å². The Balaban J connectivity index is 1.25. The molecule has 48 heavy (non-hydrogen) atoms. The highest BCUT2D eigenvalue weighted by Gasteiger charge is 2.36. The van der Waals surface area contributed by atoms with E-state index in [4.69, 9.17) is 0 Å². The van der Waals surface area contributed by atoms with Crippen LogP contribution in [0.2, 0.25) is 0 Å². The molecular weight excluding hydrogens is 579 g/mol. The molecule has 0 bridgehead atoms. The van der Waals surface area contributed by atoms with Gasteiger partial charge >= 0.3 is 0 Å². The molecule has 1 aliphatic carbocycles. The first-order valence-electron chi connectivity index (χ1n) is 17.7. The fraction of sp³-hybridized carbons (Fsp3) is 0.234. The number of anilines is 3. The van der Waals surface area contributed by atoms with Crippen molar-refractivity contribution in [2.45, 2.75) is 71.1 Å². The lowest BCUT2D eigenvalue weighted by Gasteiger charge is -2.39. The molecule has 0 heterocycles. The van der Waals surface area contributed by atoms with Crippen molar-refractivity contribution < 1.29 is 0 Å². The summed E-state index contributed by atoms with van der Waals surface area (Å²) in [6, 6.07) is 55.1. The van der Waals surface area contributed by atoms with Crippen molar-refractivity contribution in [3.05, 3.63) is 196 Å². The Kier molecular flexibility index (Phi) is 9.04. The second-order valence-corrected chi connectivity index (χ2v) is 14.1. The minimum Gasteiger partial charge on any atom is -0.311 e. The van der Waals surface area contributed by atoms with E-state index in [1.165, 1.54) is 99.2 Å². The monoisotopic (exact) mass is 625 g/mol. The third-order valence-corrected chi connectivity index (χ3v) is 10.6. The van der Waals surface area contributed by atoms with Gasteiger partial charge in [-0.1, -0.05) is 151 Å². The molecule has 0 atom stereocenters. The van der Waals surface area contributed by atoms with E-state index in [-0.39, 0.29) is 11.3 Å². The van der Waals surface area contributed by atoms with Gasteiger partial charge in [-0.15, -0.1) is 0 Å². The Hall–Kier alpha value is -4.88. The number of rotatable bonds is 8. The lowest BCUT2D eigenvalue weighted by molar-refractivity contribution is 0.346. The molecular formula is C47H47N. The van der Waals surface area contributed by atoms with Gasteiger partial charge in [-0.25, -0.2) is 0 Å². The van der Waals surface area contributed by atoms with Crippen LogP contribution < -0.4 is 4.90 Å². The van der Waals surface area contributed by atoms with Crippen LogP contribution in [-0.2, 0) is 5.41 Å². The Morgan fingerprint density at radius 3 is 1.04 bits per heavy atom. The molecule has 240 valence electrons. The minimum atomic E-state index is 0.0249. The Morgan fingerprint density at radius 2 is 0.667 bits per heavy atom. The third-order valence-electron chi connectivity index (χ3n) is 10.6. The molecule has 0 N–H and O–H groups in total. The fourth-order valence-corrected chi connectivity index (χ4v) is 7.75. The van der Waals surface area contributed by atoms with Crippen molar-refractivity contribution in [2.75, 3.05) is 4.90 Å². The van der Waals surface area contributed by atoms with E-state index in [2.05, 4.69) is 178 Å². The molecule has 0 spiro atoms. The number of nitrogens with zero attached hydrogens (tertiary/aromatic N) is 1. The lowest BCUT2D eigenvalue weighted by Crippen LogP contribution is -2.30. The summed E-state index contributed by atoms with van der Waals surface area (Å²) in [5.41, 5.74) is 15.6. The average Bonchev–Trinajstić information content (AvgIpc) is 3.13. The van der Waals surface area contributed by atoms with Crippen LogP contribution in [0.4, 0.5) is 17.1 Å². The topological polar surface area (TPSA) is 3.24 Å². The second-order valence-electron chi connectivity index (χ2n) is 14.1. The first kappa shape index (κ1) is 31.7. The third kappa shape index (κ3) is 6.47. The van der Waals surface area contributed by atoms with Crippen molar-refractivity contribution in [3.63, 3.8) is 0 Å². The molecule has 1 aliphatic rings. The van der Waals surface area contributed by atoms with Gasteiger partial charge in [0.25, 0.3) is 0 Å². The summed E-state index contributed by atoms with van der Waals surface area (Å²) in [5, 5.41) is 0. The van der Waals surface area contributed by atoms with Crippen LogP contribution in [0.1, 0.15) is 88.1 Å². The minimum absolute atomic E-state index is 0.0249. The van der Waals surface area contributed by atoms with Crippen LogP contribution in [0, 0.1) is 27.7 Å². The molecule has 0 aliphatic heterocycles. The molecule has 6 aromatic carbocycles. The standard InChI is InChI=1S/C47H47N/c1-34-8-16-38(17-9-34)46(39-18-10-35(2)11-19-39)40-20-22-41(23-21-40)47(32-6-5-7-33-47)42-24-30-45(31-25-42)48(43-26-12-36(3)13-27-43)44-28-14-37(4)15-29-44/h8-31,46H,5-7,32-33H2,1-4H3. The molecule has 1 fully saturated rings. The maximum absolute atomic E-state index is 2.44. The van der Waals surface area contributed by atoms with Crippen molar-refractivity contribution in [2.24, 2.45) is 0 Å². The second kappa shape index (κ2) is 13.7. The van der Waals surface area contributed by atoms with E-state index >= 15 is 0 Å². The molecule has 1 heteroatoms. The van der Waals surface area contributed by atoms with Gasteiger partial charge in [-0.2, -0.15) is 0 Å². The molecule has 6 aromatic rings. The molecule has 7 rings (SSSR count). The summed E-state index contributed by atoms with van der Waals surface area (Å²) in [4.78, 5) is 2.38. The summed E-state index contributed by atoms with van der Waals surface area (Å²) >= 11 is 0. The Bertz CT molecular complexity index is 1690. The van der Waals surface area contributed by atoms with Gasteiger partial charge in [0.05, 0.1) is 0 Å². The van der Waals surface area contributed by atoms with Gasteiger partial charge in [0.1, 0.15) is 0 Å². The molecule has 0 amide bonds. The zero-order valence-electron chi connectivity index (χ0n) is 28.9. The number of benzene rings is 6. The highest BCUT2D eigenvalue weighted by atomic mass is 15.1.